The molecule has 2 fully saturated rings. The first-order valence-electron chi connectivity index (χ1n) is 27.2. The molecule has 2 aliphatic rings. The molecule has 0 saturated carbocycles. The van der Waals surface area contributed by atoms with Crippen molar-refractivity contribution in [3.8, 4) is 0 Å². The Morgan fingerprint density at radius 2 is 1.19 bits per heavy atom. The third-order valence-electron chi connectivity index (χ3n) is 13.4. The average molecular weight is 1110 g/mol. The highest BCUT2D eigenvalue weighted by Gasteiger charge is 2.37. The van der Waals surface area contributed by atoms with Crippen LogP contribution >= 0.6 is 0 Å². The molecule has 2 rings (SSSR count). The van der Waals surface area contributed by atoms with E-state index < -0.39 is 151 Å². The lowest BCUT2D eigenvalue weighted by Crippen LogP contribution is -2.62. The van der Waals surface area contributed by atoms with Gasteiger partial charge in [0, 0.05) is 19.5 Å². The molecule has 0 unspecified atom stereocenters. The first-order valence-corrected chi connectivity index (χ1v) is 27.2. The fourth-order valence-electron chi connectivity index (χ4n) is 8.62. The standard InChI is InChI=1S/C49H90N16O13/c1-5-27(2)10-6-7-12-37(68)56-31(14-20-51)45(74)64-40(29(4)67)48(77)61-33(16-22-53)42(71)60-35-18-24-55-47(76)39(28(3)66)63-46(75)34(17-23-54)59-41(70)30(13-19-50)57-38(69)26-65-25-9-8-11-36(49(65)78)62-43(72)32(15-21-52)58-44(35)73/h27-36,39-40,66-67H,5-26,50-54H2,1-4H3,(H,55,76)(H,56,68)(H,57,69)(H,58,73)(H,59,70)(H,60,71)(H,61,77)(H,62,72)(H,63,75)(H,64,74)/t27-,28+,29+,30-,31-,32-,33-,34-,35-,36-,39-,40-/m0/s1. The van der Waals surface area contributed by atoms with Crippen molar-refractivity contribution in [2.45, 2.75) is 184 Å². The van der Waals surface area contributed by atoms with Crippen LogP contribution in [0.3, 0.4) is 0 Å². The molecule has 2 saturated heterocycles. The topological polar surface area (TPSA) is 482 Å². The second-order valence-electron chi connectivity index (χ2n) is 20.0. The molecule has 11 amide bonds. The van der Waals surface area contributed by atoms with Crippen LogP contribution < -0.4 is 81.8 Å². The number of rotatable bonds is 25. The summed E-state index contributed by atoms with van der Waals surface area (Å²) >= 11 is 0. The molecule has 0 aromatic carbocycles. The third-order valence-corrected chi connectivity index (χ3v) is 13.4. The zero-order valence-electron chi connectivity index (χ0n) is 45.7. The maximum atomic E-state index is 14.3. The summed E-state index contributed by atoms with van der Waals surface area (Å²) in [5.74, 6) is -8.80. The van der Waals surface area contributed by atoms with E-state index in [1.54, 1.807) is 0 Å². The molecular formula is C49H90N16O13. The van der Waals surface area contributed by atoms with Crippen molar-refractivity contribution < 1.29 is 63.0 Å². The Kier molecular flexibility index (Phi) is 31.5. The van der Waals surface area contributed by atoms with Gasteiger partial charge in [-0.25, -0.2) is 0 Å². The minimum atomic E-state index is -1.68. The number of carbonyl (C=O) groups is 11. The van der Waals surface area contributed by atoms with Crippen molar-refractivity contribution in [3.63, 3.8) is 0 Å². The quantitative estimate of drug-likeness (QED) is 0.0378. The van der Waals surface area contributed by atoms with Crippen LogP contribution in [-0.4, -0.2) is 199 Å². The molecule has 444 valence electrons. The molecule has 2 aliphatic heterocycles. The highest BCUT2D eigenvalue weighted by molar-refractivity contribution is 5.99. The third kappa shape index (κ3) is 23.5. The van der Waals surface area contributed by atoms with Gasteiger partial charge in [0.1, 0.15) is 54.4 Å². The lowest BCUT2D eigenvalue weighted by Gasteiger charge is -2.29. The normalized spacial score (nSPS) is 23.9. The van der Waals surface area contributed by atoms with Gasteiger partial charge in [0.2, 0.25) is 65.0 Å². The molecule has 0 aromatic rings. The summed E-state index contributed by atoms with van der Waals surface area (Å²) in [7, 11) is 0. The molecule has 22 N–H and O–H groups in total. The summed E-state index contributed by atoms with van der Waals surface area (Å²) in [6, 6.07) is -12.9. The molecule has 0 spiro atoms. The summed E-state index contributed by atoms with van der Waals surface area (Å²) in [4.78, 5) is 152. The number of nitrogens with two attached hydrogens (primary N) is 5. The van der Waals surface area contributed by atoms with E-state index >= 15 is 0 Å². The molecule has 12 atom stereocenters. The van der Waals surface area contributed by atoms with Gasteiger partial charge >= 0.3 is 0 Å². The number of nitrogens with zero attached hydrogens (tertiary/aromatic N) is 1. The Morgan fingerprint density at radius 3 is 1.76 bits per heavy atom. The molecule has 29 nitrogen and oxygen atoms in total. The molecule has 0 radical (unpaired) electrons. The maximum absolute atomic E-state index is 14.3. The van der Waals surface area contributed by atoms with E-state index in [9.17, 15) is 63.0 Å². The number of unbranched alkanes of at least 4 members (excludes halogenated alkanes) is 1. The highest BCUT2D eigenvalue weighted by Crippen LogP contribution is 2.15. The molecule has 78 heavy (non-hydrogen) atoms. The monoisotopic (exact) mass is 1110 g/mol. The molecule has 0 aliphatic carbocycles. The smallest absolute Gasteiger partial charge is 0.245 e. The first kappa shape index (κ1) is 68.0. The van der Waals surface area contributed by atoms with E-state index in [0.717, 1.165) is 19.3 Å². The zero-order chi connectivity index (χ0) is 58.5. The van der Waals surface area contributed by atoms with Crippen molar-refractivity contribution in [1.29, 1.82) is 0 Å². The Balaban J connectivity index is 2.53. The fourth-order valence-corrected chi connectivity index (χ4v) is 8.62. The number of carbonyl (C=O) groups excluding carboxylic acids is 11. The Bertz CT molecular complexity index is 2000. The summed E-state index contributed by atoms with van der Waals surface area (Å²) in [6.45, 7) is 5.15. The predicted octanol–water partition coefficient (Wildman–Crippen LogP) is -7.01. The van der Waals surface area contributed by atoms with Crippen LogP contribution in [0.5, 0.6) is 0 Å². The van der Waals surface area contributed by atoms with Gasteiger partial charge in [-0.2, -0.15) is 0 Å². The van der Waals surface area contributed by atoms with Crippen molar-refractivity contribution in [2.24, 2.45) is 34.6 Å². The van der Waals surface area contributed by atoms with Gasteiger partial charge in [-0.05, 0) is 117 Å². The van der Waals surface area contributed by atoms with Crippen LogP contribution in [0.25, 0.3) is 0 Å². The van der Waals surface area contributed by atoms with Crippen LogP contribution in [0, 0.1) is 5.92 Å². The minimum absolute atomic E-state index is 0.00851. The van der Waals surface area contributed by atoms with Crippen molar-refractivity contribution >= 4 is 65.0 Å². The van der Waals surface area contributed by atoms with Crippen molar-refractivity contribution in [1.82, 2.24) is 58.1 Å². The van der Waals surface area contributed by atoms with Crippen LogP contribution in [0.2, 0.25) is 0 Å². The fraction of sp³-hybridized carbons (Fsp3) is 0.776. The number of hydrogen-bond donors (Lipinski definition) is 17. The molecular weight excluding hydrogens is 1020 g/mol. The van der Waals surface area contributed by atoms with E-state index in [1.807, 2.05) is 0 Å². The highest BCUT2D eigenvalue weighted by atomic mass is 16.3. The predicted molar refractivity (Wildman–Crippen MR) is 285 cm³/mol. The van der Waals surface area contributed by atoms with E-state index in [4.69, 9.17) is 28.7 Å². The van der Waals surface area contributed by atoms with Gasteiger partial charge in [-0.3, -0.25) is 52.7 Å². The van der Waals surface area contributed by atoms with Crippen LogP contribution in [0.15, 0.2) is 0 Å². The Labute approximate surface area is 456 Å². The largest absolute Gasteiger partial charge is 0.391 e. The van der Waals surface area contributed by atoms with E-state index in [2.05, 4.69) is 67.0 Å². The van der Waals surface area contributed by atoms with Gasteiger partial charge in [0.05, 0.1) is 18.8 Å². The molecule has 0 aromatic heterocycles. The lowest BCUT2D eigenvalue weighted by molar-refractivity contribution is -0.140. The second-order valence-corrected chi connectivity index (χ2v) is 20.0. The van der Waals surface area contributed by atoms with Gasteiger partial charge < -0.3 is 96.9 Å². The second kappa shape index (κ2) is 36.1. The number of aliphatic hydroxyl groups is 2. The van der Waals surface area contributed by atoms with Crippen molar-refractivity contribution in [2.75, 3.05) is 52.4 Å². The van der Waals surface area contributed by atoms with Gasteiger partial charge in [0.25, 0.3) is 0 Å². The average Bonchev–Trinajstić information content (AvgIpc) is 3.55. The first-order chi connectivity index (χ1) is 37.0. The van der Waals surface area contributed by atoms with E-state index in [-0.39, 0.29) is 84.2 Å². The van der Waals surface area contributed by atoms with Crippen LogP contribution in [-0.2, 0) is 52.7 Å². The van der Waals surface area contributed by atoms with Gasteiger partial charge in [-0.1, -0.05) is 33.1 Å². The van der Waals surface area contributed by atoms with E-state index in [1.165, 1.54) is 18.7 Å². The summed E-state index contributed by atoms with van der Waals surface area (Å²) in [5, 5.41) is 46.6. The molecule has 29 heteroatoms. The number of nitrogens with one attached hydrogen (secondary N) is 10. The summed E-state index contributed by atoms with van der Waals surface area (Å²) in [5.41, 5.74) is 29.0. The number of aliphatic hydroxyl groups excluding tert-OH is 2. The number of hydrogen-bond acceptors (Lipinski definition) is 18. The minimum Gasteiger partial charge on any atom is -0.391 e. The molecule has 2 heterocycles. The van der Waals surface area contributed by atoms with Gasteiger partial charge in [0.15, 0.2) is 0 Å². The maximum Gasteiger partial charge on any atom is 0.245 e. The zero-order valence-corrected chi connectivity index (χ0v) is 45.7. The van der Waals surface area contributed by atoms with Crippen molar-refractivity contribution in [3.05, 3.63) is 0 Å². The SMILES string of the molecule is CC[C@H](C)CCCCC(=O)N[C@@H](CCN)C(=O)N[C@H](C(=O)N[C@@H](CCN)C(=O)N[C@H]1CCNC(=O)[C@H]([C@@H](C)O)NC(=O)[C@H](CCN)NC(=O)[C@H](CCN)NC(=O)CN2CCCC[C@H](NC(=O)[C@H](CCN)NC1=O)C2=O)[C@@H](C)O. The van der Waals surface area contributed by atoms with Gasteiger partial charge in [-0.15, -0.1) is 0 Å². The lowest BCUT2D eigenvalue weighted by atomic mass is 10.0. The Morgan fingerprint density at radius 1 is 0.628 bits per heavy atom. The summed E-state index contributed by atoms with van der Waals surface area (Å²) in [6.07, 6.45) is 0.291. The van der Waals surface area contributed by atoms with Crippen LogP contribution in [0.4, 0.5) is 0 Å². The number of amides is 11. The molecule has 2 bridgehead atoms. The van der Waals surface area contributed by atoms with Crippen LogP contribution in [0.1, 0.15) is 118 Å². The van der Waals surface area contributed by atoms with E-state index in [0.29, 0.717) is 25.2 Å². The number of fused-ring (bicyclic) bond motifs is 2. The summed E-state index contributed by atoms with van der Waals surface area (Å²) < 4.78 is 0. The Hall–Kier alpha value is -6.11.